The quantitative estimate of drug-likeness (QED) is 0.441. The summed E-state index contributed by atoms with van der Waals surface area (Å²) in [4.78, 5) is 40.1. The number of hydrogen-bond acceptors (Lipinski definition) is 6. The maximum absolute atomic E-state index is 13.5. The fraction of sp³-hybridized carbons (Fsp3) is 0.0588. The van der Waals surface area contributed by atoms with E-state index < -0.39 is 33.5 Å². The number of aromatic nitrogens is 2. The first-order valence-electron chi connectivity index (χ1n) is 8.07. The molecule has 4 rings (SSSR count). The Morgan fingerprint density at radius 2 is 1.93 bits per heavy atom. The van der Waals surface area contributed by atoms with Crippen LogP contribution in [-0.4, -0.2) is 35.0 Å². The number of ketones is 1. The molecule has 0 fully saturated rings. The molecule has 0 bridgehead atoms. The summed E-state index contributed by atoms with van der Waals surface area (Å²) in [5.74, 6) is -1.33. The Balaban J connectivity index is 1.77. The van der Waals surface area contributed by atoms with Crippen molar-refractivity contribution in [2.24, 2.45) is 0 Å². The molecule has 1 aliphatic rings. The Labute approximate surface area is 161 Å². The van der Waals surface area contributed by atoms with Crippen LogP contribution >= 0.6 is 0 Å². The molecule has 0 unspecified atom stereocenters. The highest BCUT2D eigenvalue weighted by Crippen LogP contribution is 2.27. The Bertz CT molecular complexity index is 1380. The summed E-state index contributed by atoms with van der Waals surface area (Å²) < 4.78 is 41.0. The predicted octanol–water partition coefficient (Wildman–Crippen LogP) is 0.671. The first-order valence-corrected chi connectivity index (χ1v) is 9.55. The van der Waals surface area contributed by atoms with Gasteiger partial charge in [-0.3, -0.25) is 14.2 Å². The van der Waals surface area contributed by atoms with Crippen LogP contribution in [0.1, 0.15) is 21.7 Å². The lowest BCUT2D eigenvalue weighted by atomic mass is 10.1. The fourth-order valence-corrected chi connectivity index (χ4v) is 3.71. The second-order valence-corrected chi connectivity index (χ2v) is 7.65. The number of nitrogens with zero attached hydrogens (tertiary/aromatic N) is 2. The van der Waals surface area contributed by atoms with Crippen molar-refractivity contribution in [1.29, 1.82) is 0 Å². The van der Waals surface area contributed by atoms with Crippen LogP contribution < -0.4 is 15.0 Å². The van der Waals surface area contributed by atoms with Gasteiger partial charge in [0, 0.05) is 6.54 Å². The summed E-state index contributed by atoms with van der Waals surface area (Å²) >= 11 is 0. The number of rotatable bonds is 4. The highest BCUT2D eigenvalue weighted by atomic mass is 32.2. The molecule has 29 heavy (non-hydrogen) atoms. The minimum atomic E-state index is -4.28. The highest BCUT2D eigenvalue weighted by Gasteiger charge is 2.30. The smallest absolute Gasteiger partial charge is 0.419 e. The minimum absolute atomic E-state index is 0.0256. The maximum Gasteiger partial charge on any atom is 0.419 e. The topological polar surface area (TPSA) is 147 Å². The summed E-state index contributed by atoms with van der Waals surface area (Å²) in [5.41, 5.74) is 0.229. The lowest BCUT2D eigenvalue weighted by Gasteiger charge is -2.08. The van der Waals surface area contributed by atoms with Gasteiger partial charge in [0.15, 0.2) is 5.82 Å². The van der Waals surface area contributed by atoms with Gasteiger partial charge in [-0.05, 0) is 35.9 Å². The fourth-order valence-electron chi connectivity index (χ4n) is 3.05. The van der Waals surface area contributed by atoms with Crippen LogP contribution in [0.2, 0.25) is 0 Å². The minimum Gasteiger partial charge on any atom is -0.464 e. The van der Waals surface area contributed by atoms with Gasteiger partial charge in [-0.25, -0.2) is 18.9 Å². The predicted molar refractivity (Wildman–Crippen MR) is 97.7 cm³/mol. The average Bonchev–Trinajstić information content (AvgIpc) is 2.92. The zero-order valence-electron chi connectivity index (χ0n) is 14.3. The Kier molecular flexibility index (Phi) is 4.17. The van der Waals surface area contributed by atoms with Crippen LogP contribution in [0.3, 0.4) is 0 Å². The van der Waals surface area contributed by atoms with E-state index in [-0.39, 0.29) is 34.5 Å². The van der Waals surface area contributed by atoms with Crippen molar-refractivity contribution in [3.8, 4) is 5.69 Å². The molecule has 0 radical (unpaired) electrons. The molecule has 0 aliphatic carbocycles. The first-order chi connectivity index (χ1) is 13.7. The second-order valence-electron chi connectivity index (χ2n) is 6.15. The molecule has 2 aromatic carbocycles. The molecule has 3 aromatic rings. The van der Waals surface area contributed by atoms with Gasteiger partial charge in [-0.15, -0.1) is 0 Å². The number of carboxylic acid groups (broad SMARTS) is 1. The number of amides is 1. The van der Waals surface area contributed by atoms with E-state index in [2.05, 4.69) is 4.98 Å². The summed E-state index contributed by atoms with van der Waals surface area (Å²) in [5, 5.41) is 8.61. The van der Waals surface area contributed by atoms with Crippen LogP contribution in [0, 0.1) is 5.82 Å². The molecule has 3 N–H and O–H groups in total. The number of halogens is 1. The first kappa shape index (κ1) is 18.7. The molecular formula is C17H11FN4O6S. The molecule has 0 atom stereocenters. The van der Waals surface area contributed by atoms with Crippen LogP contribution in [0.25, 0.3) is 16.6 Å². The summed E-state index contributed by atoms with van der Waals surface area (Å²) in [6, 6.07) is 7.76. The van der Waals surface area contributed by atoms with Crippen LogP contribution in [0.15, 0.2) is 41.2 Å². The molecule has 2 heterocycles. The van der Waals surface area contributed by atoms with Gasteiger partial charge < -0.3 is 5.11 Å². The van der Waals surface area contributed by atoms with Crippen LogP contribution in [0.4, 0.5) is 9.18 Å². The van der Waals surface area contributed by atoms with E-state index in [1.807, 2.05) is 4.72 Å². The number of benzene rings is 2. The number of carbonyl (C=O) groups excluding carboxylic acids is 1. The van der Waals surface area contributed by atoms with E-state index in [1.54, 1.807) is 0 Å². The van der Waals surface area contributed by atoms with Crippen molar-refractivity contribution in [3.05, 3.63) is 69.5 Å². The van der Waals surface area contributed by atoms with Crippen molar-refractivity contribution in [3.63, 3.8) is 0 Å². The summed E-state index contributed by atoms with van der Waals surface area (Å²) in [7, 11) is -4.28. The highest BCUT2D eigenvalue weighted by molar-refractivity contribution is 7.88. The van der Waals surface area contributed by atoms with Crippen LogP contribution in [-0.2, 0) is 16.8 Å². The molecular weight excluding hydrogens is 407 g/mol. The molecule has 0 saturated heterocycles. The van der Waals surface area contributed by atoms with Crippen LogP contribution in [0.5, 0.6) is 0 Å². The van der Waals surface area contributed by atoms with E-state index >= 15 is 0 Å². The van der Waals surface area contributed by atoms with E-state index in [0.717, 1.165) is 16.7 Å². The Morgan fingerprint density at radius 3 is 2.66 bits per heavy atom. The largest absolute Gasteiger partial charge is 0.464 e. The zero-order valence-corrected chi connectivity index (χ0v) is 15.2. The second kappa shape index (κ2) is 6.46. The van der Waals surface area contributed by atoms with E-state index in [9.17, 15) is 27.2 Å². The van der Waals surface area contributed by atoms with Crippen molar-refractivity contribution in [1.82, 2.24) is 19.0 Å². The van der Waals surface area contributed by atoms with Gasteiger partial charge >= 0.3 is 16.3 Å². The SMILES string of the molecule is O=C(O)NS(=O)(=O)NCc1ccc2nc3n(c(=O)c2c1)-c1ccc(F)cc1C3=O. The molecule has 0 spiro atoms. The van der Waals surface area contributed by atoms with Crippen molar-refractivity contribution < 1.29 is 27.5 Å². The third-order valence-corrected chi connectivity index (χ3v) is 5.24. The monoisotopic (exact) mass is 418 g/mol. The van der Waals surface area contributed by atoms with Crippen molar-refractivity contribution in [2.45, 2.75) is 6.54 Å². The number of hydrogen-bond donors (Lipinski definition) is 3. The maximum atomic E-state index is 13.5. The third-order valence-electron chi connectivity index (χ3n) is 4.27. The zero-order chi connectivity index (χ0) is 20.9. The van der Waals surface area contributed by atoms with Gasteiger partial charge in [-0.2, -0.15) is 13.1 Å². The summed E-state index contributed by atoms with van der Waals surface area (Å²) in [6.07, 6.45) is -1.74. The molecule has 1 aromatic heterocycles. The van der Waals surface area contributed by atoms with Gasteiger partial charge in [0.05, 0.1) is 22.2 Å². The van der Waals surface area contributed by atoms with Gasteiger partial charge in [0.2, 0.25) is 5.78 Å². The van der Waals surface area contributed by atoms with Crippen molar-refractivity contribution >= 4 is 33.0 Å². The molecule has 10 nitrogen and oxygen atoms in total. The molecule has 12 heteroatoms. The van der Waals surface area contributed by atoms with Crippen molar-refractivity contribution in [2.75, 3.05) is 0 Å². The molecule has 1 amide bonds. The van der Waals surface area contributed by atoms with E-state index in [1.165, 1.54) is 29.0 Å². The number of carbonyl (C=O) groups is 2. The Morgan fingerprint density at radius 1 is 1.17 bits per heavy atom. The number of nitrogens with one attached hydrogen (secondary N) is 2. The summed E-state index contributed by atoms with van der Waals surface area (Å²) in [6.45, 7) is -0.291. The van der Waals surface area contributed by atoms with E-state index in [0.29, 0.717) is 5.56 Å². The van der Waals surface area contributed by atoms with Gasteiger partial charge in [0.25, 0.3) is 5.56 Å². The van der Waals surface area contributed by atoms with Gasteiger partial charge in [-0.1, -0.05) is 6.07 Å². The van der Waals surface area contributed by atoms with E-state index in [4.69, 9.17) is 5.11 Å². The van der Waals surface area contributed by atoms with Gasteiger partial charge in [0.1, 0.15) is 5.82 Å². The standard InChI is InChI=1S/C17H11FN4O6S/c18-9-2-4-13-11(6-9)14(23)15-20-12-3-1-8(5-10(12)16(24)22(13)15)7-19-29(27,28)21-17(25)26/h1-6,19,21H,7H2,(H,25,26). The lowest BCUT2D eigenvalue weighted by molar-refractivity contribution is 0.103. The number of fused-ring (bicyclic) bond motifs is 4. The Hall–Kier alpha value is -3.64. The third kappa shape index (κ3) is 3.23. The molecule has 1 aliphatic heterocycles. The molecule has 148 valence electrons. The average molecular weight is 418 g/mol. The normalized spacial score (nSPS) is 12.7. The molecule has 0 saturated carbocycles. The lowest BCUT2D eigenvalue weighted by Crippen LogP contribution is -2.39.